The molecular formula is C15H16F3N5O2S. The van der Waals surface area contributed by atoms with Gasteiger partial charge in [-0.3, -0.25) is 14.7 Å². The molecule has 2 aromatic heterocycles. The quantitative estimate of drug-likeness (QED) is 0.878. The molecule has 0 spiro atoms. The second-order valence-corrected chi connectivity index (χ2v) is 6.85. The van der Waals surface area contributed by atoms with Crippen molar-refractivity contribution < 1.29 is 18.0 Å². The predicted octanol–water partition coefficient (Wildman–Crippen LogP) is 2.66. The van der Waals surface area contributed by atoms with Gasteiger partial charge in [0, 0.05) is 37.3 Å². The van der Waals surface area contributed by atoms with Crippen molar-refractivity contribution in [3.05, 3.63) is 40.0 Å². The van der Waals surface area contributed by atoms with Gasteiger partial charge in [-0.15, -0.1) is 11.3 Å². The summed E-state index contributed by atoms with van der Waals surface area (Å²) in [5, 5.41) is 5.00. The van der Waals surface area contributed by atoms with Crippen LogP contribution in [0.2, 0.25) is 0 Å². The number of nitrogens with one attached hydrogen (secondary N) is 1. The number of amides is 2. The third-order valence-electron chi connectivity index (χ3n) is 4.17. The number of urea groups is 1. The van der Waals surface area contributed by atoms with E-state index in [0.29, 0.717) is 37.1 Å². The molecule has 140 valence electrons. The lowest BCUT2D eigenvalue weighted by molar-refractivity contribution is -0.141. The number of carbonyl (C=O) groups is 1. The van der Waals surface area contributed by atoms with E-state index in [1.54, 1.807) is 16.5 Å². The van der Waals surface area contributed by atoms with E-state index in [9.17, 15) is 22.8 Å². The third-order valence-corrected chi connectivity index (χ3v) is 4.86. The molecule has 1 aliphatic rings. The Balaban J connectivity index is 1.54. The van der Waals surface area contributed by atoms with Crippen LogP contribution in [0.15, 0.2) is 28.8 Å². The van der Waals surface area contributed by atoms with Crippen molar-refractivity contribution in [3.63, 3.8) is 0 Å². The second-order valence-electron chi connectivity index (χ2n) is 5.96. The van der Waals surface area contributed by atoms with E-state index in [1.165, 1.54) is 15.9 Å². The molecule has 0 aromatic carbocycles. The lowest BCUT2D eigenvalue weighted by atomic mass is 9.97. The number of piperidine rings is 1. The van der Waals surface area contributed by atoms with Gasteiger partial charge < -0.3 is 4.90 Å². The van der Waals surface area contributed by atoms with Crippen LogP contribution in [-0.2, 0) is 12.7 Å². The smallest absolute Gasteiger partial charge is 0.324 e. The lowest BCUT2D eigenvalue weighted by Crippen LogP contribution is -2.42. The average Bonchev–Trinajstić information content (AvgIpc) is 3.09. The van der Waals surface area contributed by atoms with Crippen molar-refractivity contribution in [3.8, 4) is 0 Å². The Kier molecular flexibility index (Phi) is 5.25. The van der Waals surface area contributed by atoms with Crippen molar-refractivity contribution >= 4 is 22.5 Å². The molecule has 0 atom stereocenters. The summed E-state index contributed by atoms with van der Waals surface area (Å²) in [6.45, 7) is 1.29. The van der Waals surface area contributed by atoms with Gasteiger partial charge in [-0.05, 0) is 18.8 Å². The molecule has 1 N–H and O–H groups in total. The number of hydrogen-bond acceptors (Lipinski definition) is 5. The summed E-state index contributed by atoms with van der Waals surface area (Å²) in [6, 6.07) is 0.281. The number of carbonyl (C=O) groups excluding carboxylic acids is 1. The molecule has 3 rings (SSSR count). The zero-order valence-electron chi connectivity index (χ0n) is 13.6. The van der Waals surface area contributed by atoms with Gasteiger partial charge in [0.15, 0.2) is 10.8 Å². The summed E-state index contributed by atoms with van der Waals surface area (Å²) >= 11 is 1.33. The van der Waals surface area contributed by atoms with Crippen LogP contribution in [0.5, 0.6) is 0 Å². The van der Waals surface area contributed by atoms with Gasteiger partial charge in [-0.25, -0.2) is 14.8 Å². The first kappa shape index (κ1) is 18.4. The van der Waals surface area contributed by atoms with E-state index >= 15 is 0 Å². The van der Waals surface area contributed by atoms with Crippen LogP contribution in [0.25, 0.3) is 0 Å². The molecule has 1 aliphatic heterocycles. The van der Waals surface area contributed by atoms with Crippen LogP contribution in [0.3, 0.4) is 0 Å². The zero-order valence-corrected chi connectivity index (χ0v) is 14.4. The van der Waals surface area contributed by atoms with Crippen molar-refractivity contribution in [1.29, 1.82) is 0 Å². The number of halogens is 3. The van der Waals surface area contributed by atoms with E-state index in [-0.39, 0.29) is 18.5 Å². The fraction of sp³-hybridized carbons (Fsp3) is 0.467. The van der Waals surface area contributed by atoms with Gasteiger partial charge in [0.25, 0.3) is 5.56 Å². The maximum atomic E-state index is 12.6. The van der Waals surface area contributed by atoms with Crippen LogP contribution in [-0.4, -0.2) is 38.6 Å². The van der Waals surface area contributed by atoms with Gasteiger partial charge in [0.1, 0.15) is 0 Å². The lowest BCUT2D eigenvalue weighted by Gasteiger charge is -2.31. The number of alkyl halides is 3. The standard InChI is InChI=1S/C15H16F3N5O2S/c16-15(17,18)11-7-12(24)23(9-20-11)8-10-1-4-22(5-2-10)14(25)21-13-19-3-6-26-13/h3,6-7,9-10H,1-2,4-5,8H2,(H,19,21,25). The highest BCUT2D eigenvalue weighted by Crippen LogP contribution is 2.26. The van der Waals surface area contributed by atoms with Crippen molar-refractivity contribution in [2.75, 3.05) is 18.4 Å². The topological polar surface area (TPSA) is 80.1 Å². The Hall–Kier alpha value is -2.43. The summed E-state index contributed by atoms with van der Waals surface area (Å²) in [4.78, 5) is 32.9. The van der Waals surface area contributed by atoms with Gasteiger partial charge >= 0.3 is 12.2 Å². The molecule has 0 unspecified atom stereocenters. The van der Waals surface area contributed by atoms with Gasteiger partial charge in [-0.1, -0.05) is 0 Å². The predicted molar refractivity (Wildman–Crippen MR) is 88.9 cm³/mol. The monoisotopic (exact) mass is 387 g/mol. The van der Waals surface area contributed by atoms with E-state index < -0.39 is 17.4 Å². The molecule has 0 aliphatic carbocycles. The molecule has 0 saturated carbocycles. The molecule has 11 heteroatoms. The van der Waals surface area contributed by atoms with Gasteiger partial charge in [0.2, 0.25) is 0 Å². The Morgan fingerprint density at radius 2 is 2.04 bits per heavy atom. The van der Waals surface area contributed by atoms with E-state index in [2.05, 4.69) is 15.3 Å². The van der Waals surface area contributed by atoms with Crippen LogP contribution in [0.1, 0.15) is 18.5 Å². The molecule has 26 heavy (non-hydrogen) atoms. The molecule has 3 heterocycles. The highest BCUT2D eigenvalue weighted by Gasteiger charge is 2.33. The number of nitrogens with zero attached hydrogens (tertiary/aromatic N) is 4. The highest BCUT2D eigenvalue weighted by atomic mass is 32.1. The fourth-order valence-electron chi connectivity index (χ4n) is 2.77. The number of likely N-dealkylation sites (tertiary alicyclic amines) is 1. The highest BCUT2D eigenvalue weighted by molar-refractivity contribution is 7.13. The first-order chi connectivity index (χ1) is 12.3. The maximum Gasteiger partial charge on any atom is 0.433 e. The Bertz CT molecular complexity index is 813. The molecule has 0 bridgehead atoms. The summed E-state index contributed by atoms with van der Waals surface area (Å²) < 4.78 is 38.8. The van der Waals surface area contributed by atoms with Crippen LogP contribution < -0.4 is 10.9 Å². The normalized spacial score (nSPS) is 15.9. The largest absolute Gasteiger partial charge is 0.433 e. The SMILES string of the molecule is O=C(Nc1nccs1)N1CCC(Cn2cnc(C(F)(F)F)cc2=O)CC1. The molecule has 1 saturated heterocycles. The van der Waals surface area contributed by atoms with Crippen LogP contribution in [0.4, 0.5) is 23.1 Å². The molecule has 1 fully saturated rings. The zero-order chi connectivity index (χ0) is 18.7. The molecule has 7 nitrogen and oxygen atoms in total. The fourth-order valence-corrected chi connectivity index (χ4v) is 3.29. The minimum Gasteiger partial charge on any atom is -0.324 e. The Labute approximate surface area is 150 Å². The van der Waals surface area contributed by atoms with E-state index in [4.69, 9.17) is 0 Å². The van der Waals surface area contributed by atoms with Crippen molar-refractivity contribution in [2.45, 2.75) is 25.6 Å². The Morgan fingerprint density at radius 3 is 2.62 bits per heavy atom. The Morgan fingerprint density at radius 1 is 1.31 bits per heavy atom. The van der Waals surface area contributed by atoms with Crippen LogP contribution >= 0.6 is 11.3 Å². The second kappa shape index (κ2) is 7.44. The maximum absolute atomic E-state index is 12.6. The summed E-state index contributed by atoms with van der Waals surface area (Å²) in [7, 11) is 0. The third kappa shape index (κ3) is 4.40. The van der Waals surface area contributed by atoms with E-state index in [0.717, 1.165) is 6.33 Å². The number of rotatable bonds is 3. The van der Waals surface area contributed by atoms with Gasteiger partial charge in [0.05, 0.1) is 6.33 Å². The number of hydrogen-bond donors (Lipinski definition) is 1. The average molecular weight is 387 g/mol. The first-order valence-corrected chi connectivity index (χ1v) is 8.80. The molecular weight excluding hydrogens is 371 g/mol. The molecule has 2 amide bonds. The first-order valence-electron chi connectivity index (χ1n) is 7.92. The number of thiazole rings is 1. The summed E-state index contributed by atoms with van der Waals surface area (Å²) in [6.07, 6.45) is -0.791. The number of anilines is 1. The minimum atomic E-state index is -4.63. The molecule has 0 radical (unpaired) electrons. The van der Waals surface area contributed by atoms with Gasteiger partial charge in [-0.2, -0.15) is 13.2 Å². The summed E-state index contributed by atoms with van der Waals surface area (Å²) in [5.41, 5.74) is -1.91. The minimum absolute atomic E-state index is 0.0927. The van der Waals surface area contributed by atoms with E-state index in [1.807, 2.05) is 0 Å². The van der Waals surface area contributed by atoms with Crippen molar-refractivity contribution in [2.24, 2.45) is 5.92 Å². The summed E-state index contributed by atoms with van der Waals surface area (Å²) in [5.74, 6) is 0.0927. The van der Waals surface area contributed by atoms with Crippen LogP contribution in [0, 0.1) is 5.92 Å². The van der Waals surface area contributed by atoms with Crippen molar-refractivity contribution in [1.82, 2.24) is 19.4 Å². The molecule has 2 aromatic rings. The number of aromatic nitrogens is 3.